The third kappa shape index (κ3) is 4.59. The van der Waals surface area contributed by atoms with E-state index < -0.39 is 28.8 Å². The van der Waals surface area contributed by atoms with E-state index in [9.17, 15) is 27.6 Å². The fraction of sp³-hybridized carbons (Fsp3) is 0.250. The Kier molecular flexibility index (Phi) is 6.06. The zero-order valence-electron chi connectivity index (χ0n) is 16.0. The Morgan fingerprint density at radius 2 is 1.93 bits per heavy atom. The number of nitrogens with one attached hydrogen (secondary N) is 3. The van der Waals surface area contributed by atoms with Gasteiger partial charge < -0.3 is 16.0 Å². The highest BCUT2D eigenvalue weighted by Gasteiger charge is 2.34. The molecule has 0 radical (unpaired) electrons. The van der Waals surface area contributed by atoms with E-state index in [2.05, 4.69) is 16.0 Å². The summed E-state index contributed by atoms with van der Waals surface area (Å²) < 4.78 is 38.5. The first-order valence-corrected chi connectivity index (χ1v) is 9.78. The molecule has 6 nitrogen and oxygen atoms in total. The first-order valence-electron chi connectivity index (χ1n) is 8.90. The van der Waals surface area contributed by atoms with Gasteiger partial charge >= 0.3 is 6.18 Å². The minimum absolute atomic E-state index is 0.0746. The number of rotatable bonds is 4. The maximum absolute atomic E-state index is 12.8. The van der Waals surface area contributed by atoms with E-state index in [0.717, 1.165) is 23.9 Å². The molecule has 1 unspecified atom stereocenters. The van der Waals surface area contributed by atoms with Gasteiger partial charge in [0.2, 0.25) is 11.8 Å². The summed E-state index contributed by atoms with van der Waals surface area (Å²) in [7, 11) is 1.50. The third-order valence-corrected chi connectivity index (χ3v) is 5.85. The van der Waals surface area contributed by atoms with Gasteiger partial charge in [-0.2, -0.15) is 13.2 Å². The van der Waals surface area contributed by atoms with Crippen molar-refractivity contribution >= 4 is 40.9 Å². The molecular formula is C20H18F3N3O3S. The van der Waals surface area contributed by atoms with Gasteiger partial charge in [-0.25, -0.2) is 0 Å². The molecule has 1 atom stereocenters. The standard InChI is InChI=1S/C20H18F3N3O3S/c1-10-12(18(28)24-2)4-3-5-13(10)25-17(27)9-16-19(29)26-14-8-11(20(21,22)23)6-7-15(14)30-16/h3-8,16H,9H2,1-2H3,(H,24,28)(H,25,27)(H,26,29). The number of hydrogen-bond donors (Lipinski definition) is 3. The monoisotopic (exact) mass is 437 g/mol. The van der Waals surface area contributed by atoms with Crippen molar-refractivity contribution in [3.63, 3.8) is 0 Å². The van der Waals surface area contributed by atoms with Crippen LogP contribution < -0.4 is 16.0 Å². The van der Waals surface area contributed by atoms with Crippen LogP contribution in [-0.2, 0) is 15.8 Å². The molecule has 3 N–H and O–H groups in total. The SMILES string of the molecule is CNC(=O)c1cccc(NC(=O)CC2Sc3ccc(C(F)(F)F)cc3NC2=O)c1C. The van der Waals surface area contributed by atoms with Crippen LogP contribution in [0.4, 0.5) is 24.5 Å². The van der Waals surface area contributed by atoms with Crippen molar-refractivity contribution < 1.29 is 27.6 Å². The van der Waals surface area contributed by atoms with Crippen LogP contribution in [0.2, 0.25) is 0 Å². The Balaban J connectivity index is 1.71. The highest BCUT2D eigenvalue weighted by atomic mass is 32.2. The smallest absolute Gasteiger partial charge is 0.355 e. The predicted molar refractivity (Wildman–Crippen MR) is 108 cm³/mol. The summed E-state index contributed by atoms with van der Waals surface area (Å²) in [6.07, 6.45) is -4.69. The van der Waals surface area contributed by atoms with E-state index in [-0.39, 0.29) is 18.0 Å². The molecule has 10 heteroatoms. The van der Waals surface area contributed by atoms with Crippen LogP contribution >= 0.6 is 11.8 Å². The molecule has 2 aromatic carbocycles. The summed E-state index contributed by atoms with van der Waals surface area (Å²) in [5.41, 5.74) is 0.651. The van der Waals surface area contributed by atoms with E-state index >= 15 is 0 Å². The lowest BCUT2D eigenvalue weighted by Gasteiger charge is -2.24. The van der Waals surface area contributed by atoms with Crippen LogP contribution in [0.1, 0.15) is 27.9 Å². The lowest BCUT2D eigenvalue weighted by molar-refractivity contribution is -0.137. The number of anilines is 2. The minimum atomic E-state index is -4.51. The number of alkyl halides is 3. The van der Waals surface area contributed by atoms with Gasteiger partial charge in [-0.15, -0.1) is 11.8 Å². The summed E-state index contributed by atoms with van der Waals surface area (Å²) >= 11 is 1.03. The number of amides is 3. The third-order valence-electron chi connectivity index (χ3n) is 4.58. The number of benzene rings is 2. The Labute approximate surface area is 174 Å². The van der Waals surface area contributed by atoms with Crippen molar-refractivity contribution in [2.45, 2.75) is 29.7 Å². The number of fused-ring (bicyclic) bond motifs is 1. The van der Waals surface area contributed by atoms with E-state index in [1.54, 1.807) is 25.1 Å². The summed E-state index contributed by atoms with van der Waals surface area (Å²) in [5, 5.41) is 6.86. The van der Waals surface area contributed by atoms with Crippen molar-refractivity contribution in [1.29, 1.82) is 0 Å². The van der Waals surface area contributed by atoms with Gasteiger partial charge in [-0.3, -0.25) is 14.4 Å². The van der Waals surface area contributed by atoms with Gasteiger partial charge in [0, 0.05) is 29.6 Å². The Hall–Kier alpha value is -3.01. The van der Waals surface area contributed by atoms with E-state index in [4.69, 9.17) is 0 Å². The summed E-state index contributed by atoms with van der Waals surface area (Å²) in [5.74, 6) is -1.28. The molecular weight excluding hydrogens is 419 g/mol. The van der Waals surface area contributed by atoms with E-state index in [0.29, 0.717) is 21.7 Å². The largest absolute Gasteiger partial charge is 0.416 e. The molecule has 0 saturated carbocycles. The van der Waals surface area contributed by atoms with Crippen molar-refractivity contribution in [1.82, 2.24) is 5.32 Å². The maximum atomic E-state index is 12.8. The molecule has 0 aromatic heterocycles. The summed E-state index contributed by atoms with van der Waals surface area (Å²) in [6.45, 7) is 1.69. The van der Waals surface area contributed by atoms with Gasteiger partial charge in [0.15, 0.2) is 0 Å². The van der Waals surface area contributed by atoms with Crippen molar-refractivity contribution in [3.8, 4) is 0 Å². The Morgan fingerprint density at radius 3 is 2.60 bits per heavy atom. The van der Waals surface area contributed by atoms with Gasteiger partial charge in [0.1, 0.15) is 0 Å². The number of hydrogen-bond acceptors (Lipinski definition) is 4. The molecule has 3 amide bonds. The molecule has 0 spiro atoms. The highest BCUT2D eigenvalue weighted by Crippen LogP contribution is 2.40. The van der Waals surface area contributed by atoms with Crippen LogP contribution in [0, 0.1) is 6.92 Å². The summed E-state index contributed by atoms with van der Waals surface area (Å²) in [6, 6.07) is 7.99. The predicted octanol–water partition coefficient (Wildman–Crippen LogP) is 3.82. The second kappa shape index (κ2) is 8.39. The molecule has 158 valence electrons. The van der Waals surface area contributed by atoms with E-state index in [1.165, 1.54) is 13.1 Å². The van der Waals surface area contributed by atoms with Gasteiger partial charge in [0.25, 0.3) is 5.91 Å². The lowest BCUT2D eigenvalue weighted by Crippen LogP contribution is -2.32. The second-order valence-electron chi connectivity index (χ2n) is 6.61. The fourth-order valence-electron chi connectivity index (χ4n) is 2.98. The Bertz CT molecular complexity index is 1020. The molecule has 0 bridgehead atoms. The molecule has 0 aliphatic carbocycles. The van der Waals surface area contributed by atoms with Gasteiger partial charge in [0.05, 0.1) is 16.5 Å². The van der Waals surface area contributed by atoms with Crippen molar-refractivity contribution in [3.05, 3.63) is 53.1 Å². The average Bonchev–Trinajstić information content (AvgIpc) is 2.68. The zero-order valence-corrected chi connectivity index (χ0v) is 16.8. The Morgan fingerprint density at radius 1 is 1.20 bits per heavy atom. The number of carbonyl (C=O) groups excluding carboxylic acids is 3. The average molecular weight is 437 g/mol. The van der Waals surface area contributed by atoms with Crippen LogP contribution in [-0.4, -0.2) is 30.0 Å². The molecule has 1 aliphatic heterocycles. The van der Waals surface area contributed by atoms with Crippen LogP contribution in [0.25, 0.3) is 0 Å². The number of halogens is 3. The van der Waals surface area contributed by atoms with Gasteiger partial charge in [-0.05, 0) is 42.8 Å². The van der Waals surface area contributed by atoms with Gasteiger partial charge in [-0.1, -0.05) is 6.07 Å². The second-order valence-corrected chi connectivity index (χ2v) is 7.86. The molecule has 30 heavy (non-hydrogen) atoms. The van der Waals surface area contributed by atoms with Crippen LogP contribution in [0.15, 0.2) is 41.3 Å². The number of thioether (sulfide) groups is 1. The molecule has 1 heterocycles. The molecule has 1 aliphatic rings. The minimum Gasteiger partial charge on any atom is -0.355 e. The quantitative estimate of drug-likeness (QED) is 0.679. The number of carbonyl (C=O) groups is 3. The van der Waals surface area contributed by atoms with Crippen molar-refractivity contribution in [2.75, 3.05) is 17.7 Å². The molecule has 0 fully saturated rings. The van der Waals surface area contributed by atoms with E-state index in [1.807, 2.05) is 0 Å². The zero-order chi connectivity index (χ0) is 22.1. The normalized spacial score (nSPS) is 15.8. The maximum Gasteiger partial charge on any atom is 0.416 e. The fourth-order valence-corrected chi connectivity index (χ4v) is 4.07. The first kappa shape index (κ1) is 21.7. The summed E-state index contributed by atoms with van der Waals surface area (Å²) in [4.78, 5) is 37.1. The molecule has 3 rings (SSSR count). The molecule has 0 saturated heterocycles. The topological polar surface area (TPSA) is 87.3 Å². The lowest BCUT2D eigenvalue weighted by atomic mass is 10.1. The molecule has 2 aromatic rings. The highest BCUT2D eigenvalue weighted by molar-refractivity contribution is 8.01. The van der Waals surface area contributed by atoms with Crippen molar-refractivity contribution in [2.24, 2.45) is 0 Å². The van der Waals surface area contributed by atoms with Crippen LogP contribution in [0.3, 0.4) is 0 Å². The van der Waals surface area contributed by atoms with Crippen LogP contribution in [0.5, 0.6) is 0 Å². The first-order chi connectivity index (χ1) is 14.1.